The van der Waals surface area contributed by atoms with Crippen molar-refractivity contribution >= 4 is 11.8 Å². The van der Waals surface area contributed by atoms with Crippen LogP contribution in [0.15, 0.2) is 6.07 Å². The number of nitrogens with zero attached hydrogens (tertiary/aromatic N) is 1. The van der Waals surface area contributed by atoms with Crippen LogP contribution in [-0.4, -0.2) is 23.1 Å². The standard InChI is InChI=1S/C9H12N2O2/c1-5-4-7(10-3)11-6(2)8(5)9(12)13/h4H,1-3H3,(H,10,11)(H,12,13). The lowest BCUT2D eigenvalue weighted by molar-refractivity contribution is 0.0695. The molecule has 0 aliphatic rings. The number of carboxylic acid groups (broad SMARTS) is 1. The predicted molar refractivity (Wildman–Crippen MR) is 50.2 cm³/mol. The summed E-state index contributed by atoms with van der Waals surface area (Å²) in [5.74, 6) is -0.231. The monoisotopic (exact) mass is 180 g/mol. The average Bonchev–Trinajstić information content (AvgIpc) is 2.02. The van der Waals surface area contributed by atoms with Gasteiger partial charge in [0.15, 0.2) is 0 Å². The van der Waals surface area contributed by atoms with Crippen molar-refractivity contribution in [1.29, 1.82) is 0 Å². The lowest BCUT2D eigenvalue weighted by Gasteiger charge is -2.07. The molecule has 0 aliphatic carbocycles. The van der Waals surface area contributed by atoms with Gasteiger partial charge in [0, 0.05) is 7.05 Å². The Morgan fingerprint density at radius 3 is 2.54 bits per heavy atom. The quantitative estimate of drug-likeness (QED) is 0.722. The van der Waals surface area contributed by atoms with Crippen molar-refractivity contribution in [2.75, 3.05) is 12.4 Å². The molecule has 0 unspecified atom stereocenters. The third-order valence-electron chi connectivity index (χ3n) is 1.87. The molecule has 0 saturated heterocycles. The van der Waals surface area contributed by atoms with Gasteiger partial charge in [-0.25, -0.2) is 9.78 Å². The number of nitrogens with one attached hydrogen (secondary N) is 1. The SMILES string of the molecule is CNc1cc(C)c(C(=O)O)c(C)n1. The number of hydrogen-bond acceptors (Lipinski definition) is 3. The van der Waals surface area contributed by atoms with E-state index in [1.54, 1.807) is 27.0 Å². The minimum Gasteiger partial charge on any atom is -0.478 e. The number of aromatic carboxylic acids is 1. The van der Waals surface area contributed by atoms with Crippen molar-refractivity contribution in [3.8, 4) is 0 Å². The van der Waals surface area contributed by atoms with Gasteiger partial charge in [0.05, 0.1) is 11.3 Å². The van der Waals surface area contributed by atoms with Crippen molar-refractivity contribution in [1.82, 2.24) is 4.98 Å². The van der Waals surface area contributed by atoms with Crippen molar-refractivity contribution in [2.24, 2.45) is 0 Å². The van der Waals surface area contributed by atoms with Crippen molar-refractivity contribution in [3.63, 3.8) is 0 Å². The molecule has 4 heteroatoms. The molecule has 0 aromatic carbocycles. The molecule has 0 spiro atoms. The van der Waals surface area contributed by atoms with E-state index in [1.807, 2.05) is 0 Å². The van der Waals surface area contributed by atoms with Crippen molar-refractivity contribution in [2.45, 2.75) is 13.8 Å². The molecule has 1 aromatic rings. The van der Waals surface area contributed by atoms with E-state index in [1.165, 1.54) is 0 Å². The fourth-order valence-electron chi connectivity index (χ4n) is 1.28. The van der Waals surface area contributed by atoms with Gasteiger partial charge in [-0.1, -0.05) is 0 Å². The molecule has 70 valence electrons. The summed E-state index contributed by atoms with van der Waals surface area (Å²) in [6.45, 7) is 3.45. The third-order valence-corrected chi connectivity index (χ3v) is 1.87. The highest BCUT2D eigenvalue weighted by molar-refractivity contribution is 5.90. The Hall–Kier alpha value is -1.58. The number of anilines is 1. The molecule has 0 atom stereocenters. The zero-order valence-corrected chi connectivity index (χ0v) is 7.88. The Kier molecular flexibility index (Phi) is 2.51. The second-order valence-corrected chi connectivity index (χ2v) is 2.84. The van der Waals surface area contributed by atoms with Crippen LogP contribution in [0.5, 0.6) is 0 Å². The molecule has 0 aliphatic heterocycles. The Morgan fingerprint density at radius 1 is 1.54 bits per heavy atom. The van der Waals surface area contributed by atoms with Crippen LogP contribution in [0.4, 0.5) is 5.82 Å². The highest BCUT2D eigenvalue weighted by atomic mass is 16.4. The lowest BCUT2D eigenvalue weighted by Crippen LogP contribution is -2.06. The first kappa shape index (κ1) is 9.51. The van der Waals surface area contributed by atoms with Crippen LogP contribution >= 0.6 is 0 Å². The first-order valence-electron chi connectivity index (χ1n) is 3.95. The Balaban J connectivity index is 3.31. The molecule has 0 fully saturated rings. The van der Waals surface area contributed by atoms with Crippen LogP contribution in [0.25, 0.3) is 0 Å². The number of pyridine rings is 1. The summed E-state index contributed by atoms with van der Waals surface area (Å²) in [7, 11) is 1.75. The number of aryl methyl sites for hydroxylation is 2. The maximum Gasteiger partial charge on any atom is 0.337 e. The molecule has 0 saturated carbocycles. The smallest absolute Gasteiger partial charge is 0.337 e. The van der Waals surface area contributed by atoms with Gasteiger partial charge in [-0.15, -0.1) is 0 Å². The molecular weight excluding hydrogens is 168 g/mol. The highest BCUT2D eigenvalue weighted by Gasteiger charge is 2.12. The molecule has 4 nitrogen and oxygen atoms in total. The molecule has 2 N–H and O–H groups in total. The number of rotatable bonds is 2. The molecule has 1 rings (SSSR count). The van der Waals surface area contributed by atoms with Crippen molar-refractivity contribution < 1.29 is 9.90 Å². The average molecular weight is 180 g/mol. The number of carbonyl (C=O) groups is 1. The van der Waals surface area contributed by atoms with Gasteiger partial charge in [-0.2, -0.15) is 0 Å². The van der Waals surface area contributed by atoms with Gasteiger partial charge in [0.2, 0.25) is 0 Å². The van der Waals surface area contributed by atoms with Crippen LogP contribution in [-0.2, 0) is 0 Å². The number of carboxylic acids is 1. The van der Waals surface area contributed by atoms with Gasteiger partial charge in [0.25, 0.3) is 0 Å². The molecule has 13 heavy (non-hydrogen) atoms. The Labute approximate surface area is 76.6 Å². The summed E-state index contributed by atoms with van der Waals surface area (Å²) in [6.07, 6.45) is 0. The van der Waals surface area contributed by atoms with Gasteiger partial charge in [-0.3, -0.25) is 0 Å². The summed E-state index contributed by atoms with van der Waals surface area (Å²) in [6, 6.07) is 1.72. The van der Waals surface area contributed by atoms with E-state index in [2.05, 4.69) is 10.3 Å². The fourth-order valence-corrected chi connectivity index (χ4v) is 1.28. The maximum absolute atomic E-state index is 10.8. The van der Waals surface area contributed by atoms with E-state index in [9.17, 15) is 4.79 Å². The second-order valence-electron chi connectivity index (χ2n) is 2.84. The molecule has 0 amide bonds. The van der Waals surface area contributed by atoms with Gasteiger partial charge in [-0.05, 0) is 25.5 Å². The predicted octanol–water partition coefficient (Wildman–Crippen LogP) is 1.44. The third kappa shape index (κ3) is 1.77. The Bertz CT molecular complexity index is 324. The topological polar surface area (TPSA) is 62.2 Å². The largest absolute Gasteiger partial charge is 0.478 e. The summed E-state index contributed by atoms with van der Waals surface area (Å²) in [5.41, 5.74) is 1.56. The van der Waals surface area contributed by atoms with E-state index in [-0.39, 0.29) is 0 Å². The summed E-state index contributed by atoms with van der Waals surface area (Å²) >= 11 is 0. The summed E-state index contributed by atoms with van der Waals surface area (Å²) < 4.78 is 0. The number of aromatic nitrogens is 1. The van der Waals surface area contributed by atoms with Crippen LogP contribution in [0.2, 0.25) is 0 Å². The lowest BCUT2D eigenvalue weighted by atomic mass is 10.1. The summed E-state index contributed by atoms with van der Waals surface area (Å²) in [4.78, 5) is 14.9. The summed E-state index contributed by atoms with van der Waals surface area (Å²) in [5, 5.41) is 11.7. The number of hydrogen-bond donors (Lipinski definition) is 2. The van der Waals surface area contributed by atoms with Gasteiger partial charge in [0.1, 0.15) is 5.82 Å². The highest BCUT2D eigenvalue weighted by Crippen LogP contribution is 2.15. The van der Waals surface area contributed by atoms with Crippen LogP contribution in [0, 0.1) is 13.8 Å². The van der Waals surface area contributed by atoms with E-state index in [4.69, 9.17) is 5.11 Å². The van der Waals surface area contributed by atoms with E-state index in [0.717, 1.165) is 5.56 Å². The van der Waals surface area contributed by atoms with Gasteiger partial charge >= 0.3 is 5.97 Å². The van der Waals surface area contributed by atoms with Crippen LogP contribution in [0.1, 0.15) is 21.6 Å². The zero-order valence-electron chi connectivity index (χ0n) is 7.88. The molecule has 1 heterocycles. The molecule has 0 radical (unpaired) electrons. The molecular formula is C9H12N2O2. The van der Waals surface area contributed by atoms with E-state index in [0.29, 0.717) is 17.1 Å². The Morgan fingerprint density at radius 2 is 2.15 bits per heavy atom. The minimum absolute atomic E-state index is 0.291. The second kappa shape index (κ2) is 3.43. The van der Waals surface area contributed by atoms with E-state index < -0.39 is 5.97 Å². The molecule has 1 aromatic heterocycles. The fraction of sp³-hybridized carbons (Fsp3) is 0.333. The van der Waals surface area contributed by atoms with Crippen LogP contribution < -0.4 is 5.32 Å². The first-order valence-corrected chi connectivity index (χ1v) is 3.95. The zero-order chi connectivity index (χ0) is 10.0. The van der Waals surface area contributed by atoms with E-state index >= 15 is 0 Å². The van der Waals surface area contributed by atoms with Crippen molar-refractivity contribution in [3.05, 3.63) is 22.9 Å². The van der Waals surface area contributed by atoms with Crippen LogP contribution in [0.3, 0.4) is 0 Å². The maximum atomic E-state index is 10.8. The first-order chi connectivity index (χ1) is 6.06. The minimum atomic E-state index is -0.926. The van der Waals surface area contributed by atoms with Gasteiger partial charge < -0.3 is 10.4 Å². The normalized spacial score (nSPS) is 9.77. The molecule has 0 bridgehead atoms.